The lowest BCUT2D eigenvalue weighted by Crippen LogP contribution is -2.40. The zero-order chi connectivity index (χ0) is 13.3. The van der Waals surface area contributed by atoms with E-state index in [1.165, 1.54) is 11.0 Å². The van der Waals surface area contributed by atoms with E-state index in [9.17, 15) is 14.7 Å². The number of phenolic OH excluding ortho intramolecular Hbond substituents is 1. The first-order valence-corrected chi connectivity index (χ1v) is 6.32. The minimum Gasteiger partial charge on any atom is -0.507 e. The van der Waals surface area contributed by atoms with E-state index in [-0.39, 0.29) is 11.7 Å². The number of carbonyl (C=O) groups excluding carboxylic acids is 1. The highest BCUT2D eigenvalue weighted by atomic mass is 79.9. The molecular weight excluding hydrogens is 302 g/mol. The van der Waals surface area contributed by atoms with Crippen LogP contribution in [0.3, 0.4) is 0 Å². The number of hydrogen-bond donors (Lipinski definition) is 2. The molecule has 0 spiro atoms. The van der Waals surface area contributed by atoms with Crippen molar-refractivity contribution in [2.24, 2.45) is 0 Å². The van der Waals surface area contributed by atoms with E-state index >= 15 is 0 Å². The van der Waals surface area contributed by atoms with Crippen molar-refractivity contribution in [2.45, 2.75) is 18.9 Å². The first-order valence-electron chi connectivity index (χ1n) is 5.53. The third-order valence-electron chi connectivity index (χ3n) is 2.99. The second kappa shape index (κ2) is 4.97. The molecule has 0 saturated carbocycles. The number of aliphatic carboxylic acids is 1. The van der Waals surface area contributed by atoms with Crippen molar-refractivity contribution in [3.05, 3.63) is 28.2 Å². The number of likely N-dealkylation sites (tertiary alicyclic amines) is 1. The first-order chi connectivity index (χ1) is 8.50. The van der Waals surface area contributed by atoms with Gasteiger partial charge in [0.05, 0.1) is 4.47 Å². The topological polar surface area (TPSA) is 77.8 Å². The third-order valence-corrected chi connectivity index (χ3v) is 3.66. The van der Waals surface area contributed by atoms with Crippen LogP contribution in [0.25, 0.3) is 0 Å². The minimum absolute atomic E-state index is 0.0353. The average Bonchev–Trinajstić information content (AvgIpc) is 2.81. The second-order valence-electron chi connectivity index (χ2n) is 4.16. The molecule has 1 aliphatic rings. The monoisotopic (exact) mass is 313 g/mol. The van der Waals surface area contributed by atoms with Crippen molar-refractivity contribution in [3.8, 4) is 5.75 Å². The van der Waals surface area contributed by atoms with Crippen molar-refractivity contribution in [3.63, 3.8) is 0 Å². The van der Waals surface area contributed by atoms with Crippen LogP contribution in [0.1, 0.15) is 23.2 Å². The second-order valence-corrected chi connectivity index (χ2v) is 5.02. The number of benzene rings is 1. The molecule has 1 aliphatic heterocycles. The first kappa shape index (κ1) is 12.9. The van der Waals surface area contributed by atoms with E-state index in [0.29, 0.717) is 29.4 Å². The molecule has 18 heavy (non-hydrogen) atoms. The van der Waals surface area contributed by atoms with E-state index in [1.54, 1.807) is 12.1 Å². The van der Waals surface area contributed by atoms with Gasteiger partial charge in [-0.25, -0.2) is 4.79 Å². The number of hydrogen-bond acceptors (Lipinski definition) is 3. The summed E-state index contributed by atoms with van der Waals surface area (Å²) in [6.45, 7) is 0.437. The van der Waals surface area contributed by atoms with E-state index in [1.807, 2.05) is 0 Å². The number of halogens is 1. The quantitative estimate of drug-likeness (QED) is 0.873. The molecule has 1 amide bonds. The molecule has 1 aromatic carbocycles. The number of carboxylic acids is 1. The van der Waals surface area contributed by atoms with Crippen LogP contribution >= 0.6 is 15.9 Å². The molecule has 1 heterocycles. The normalized spacial score (nSPS) is 18.9. The molecule has 5 nitrogen and oxygen atoms in total. The fraction of sp³-hybridized carbons (Fsp3) is 0.333. The van der Waals surface area contributed by atoms with Crippen molar-refractivity contribution < 1.29 is 19.8 Å². The van der Waals surface area contributed by atoms with Gasteiger partial charge in [-0.2, -0.15) is 0 Å². The maximum Gasteiger partial charge on any atom is 0.326 e. The maximum atomic E-state index is 12.2. The van der Waals surface area contributed by atoms with Crippen LogP contribution in [0, 0.1) is 0 Å². The average molecular weight is 314 g/mol. The zero-order valence-corrected chi connectivity index (χ0v) is 11.1. The summed E-state index contributed by atoms with van der Waals surface area (Å²) in [7, 11) is 0. The highest BCUT2D eigenvalue weighted by molar-refractivity contribution is 9.10. The lowest BCUT2D eigenvalue weighted by atomic mass is 10.1. The van der Waals surface area contributed by atoms with Gasteiger partial charge >= 0.3 is 5.97 Å². The van der Waals surface area contributed by atoms with Gasteiger partial charge in [-0.05, 0) is 47.0 Å². The summed E-state index contributed by atoms with van der Waals surface area (Å²) in [5, 5.41) is 18.6. The Morgan fingerprint density at radius 2 is 2.11 bits per heavy atom. The zero-order valence-electron chi connectivity index (χ0n) is 9.47. The summed E-state index contributed by atoms with van der Waals surface area (Å²) >= 11 is 3.13. The SMILES string of the molecule is O=C(O)[C@H]1CCCN1C(=O)c1ccc(Br)c(O)c1. The van der Waals surface area contributed by atoms with Gasteiger partial charge in [0.15, 0.2) is 0 Å². The van der Waals surface area contributed by atoms with Crippen LogP contribution in [0.2, 0.25) is 0 Å². The molecule has 96 valence electrons. The number of aromatic hydroxyl groups is 1. The van der Waals surface area contributed by atoms with Crippen LogP contribution in [0.15, 0.2) is 22.7 Å². The molecule has 2 N–H and O–H groups in total. The molecule has 1 fully saturated rings. The van der Waals surface area contributed by atoms with Gasteiger partial charge in [0.1, 0.15) is 11.8 Å². The summed E-state index contributed by atoms with van der Waals surface area (Å²) in [5.41, 5.74) is 0.295. The molecule has 2 rings (SSSR count). The van der Waals surface area contributed by atoms with Gasteiger partial charge in [-0.15, -0.1) is 0 Å². The van der Waals surface area contributed by atoms with Gasteiger partial charge in [-0.1, -0.05) is 0 Å². The smallest absolute Gasteiger partial charge is 0.326 e. The number of carboxylic acid groups (broad SMARTS) is 1. The molecule has 6 heteroatoms. The Kier molecular flexibility index (Phi) is 3.56. The molecule has 0 bridgehead atoms. The van der Waals surface area contributed by atoms with Crippen LogP contribution in [-0.2, 0) is 4.79 Å². The largest absolute Gasteiger partial charge is 0.507 e. The van der Waals surface area contributed by atoms with Crippen molar-refractivity contribution in [2.75, 3.05) is 6.54 Å². The third kappa shape index (κ3) is 2.33. The number of carbonyl (C=O) groups is 2. The Balaban J connectivity index is 2.25. The Morgan fingerprint density at radius 1 is 1.39 bits per heavy atom. The van der Waals surface area contributed by atoms with Crippen LogP contribution < -0.4 is 0 Å². The molecule has 0 aromatic heterocycles. The van der Waals surface area contributed by atoms with E-state index in [0.717, 1.165) is 0 Å². The summed E-state index contributed by atoms with van der Waals surface area (Å²) in [4.78, 5) is 24.5. The van der Waals surface area contributed by atoms with Crippen molar-refractivity contribution in [1.29, 1.82) is 0 Å². The van der Waals surface area contributed by atoms with Crippen molar-refractivity contribution >= 4 is 27.8 Å². The molecule has 0 unspecified atom stereocenters. The standard InChI is InChI=1S/C12H12BrNO4/c13-8-4-3-7(6-10(8)15)11(16)14-5-1-2-9(14)12(17)18/h3-4,6,9,15H,1-2,5H2,(H,17,18)/t9-/m1/s1. The van der Waals surface area contributed by atoms with Gasteiger partial charge in [0.25, 0.3) is 5.91 Å². The molecule has 1 aromatic rings. The number of rotatable bonds is 2. The Bertz CT molecular complexity index is 503. The van der Waals surface area contributed by atoms with Gasteiger partial charge in [-0.3, -0.25) is 4.79 Å². The minimum atomic E-state index is -0.984. The summed E-state index contributed by atoms with van der Waals surface area (Å²) in [6, 6.07) is 3.70. The van der Waals surface area contributed by atoms with Gasteiger partial charge < -0.3 is 15.1 Å². The number of phenols is 1. The van der Waals surface area contributed by atoms with E-state index < -0.39 is 12.0 Å². The molecule has 1 saturated heterocycles. The van der Waals surface area contributed by atoms with E-state index in [4.69, 9.17) is 5.11 Å². The summed E-state index contributed by atoms with van der Waals surface area (Å²) < 4.78 is 0.496. The Hall–Kier alpha value is -1.56. The lowest BCUT2D eigenvalue weighted by molar-refractivity contribution is -0.141. The van der Waals surface area contributed by atoms with Gasteiger partial charge in [0, 0.05) is 12.1 Å². The van der Waals surface area contributed by atoms with Crippen LogP contribution in [0.4, 0.5) is 0 Å². The fourth-order valence-corrected chi connectivity index (χ4v) is 2.32. The predicted molar refractivity (Wildman–Crippen MR) is 67.5 cm³/mol. The van der Waals surface area contributed by atoms with Gasteiger partial charge in [0.2, 0.25) is 0 Å². The van der Waals surface area contributed by atoms with Crippen LogP contribution in [-0.4, -0.2) is 39.6 Å². The Morgan fingerprint density at radius 3 is 2.72 bits per heavy atom. The Labute approximate surface area is 112 Å². The van der Waals surface area contributed by atoms with Crippen LogP contribution in [0.5, 0.6) is 5.75 Å². The molecule has 0 radical (unpaired) electrons. The molecular formula is C12H12BrNO4. The molecule has 0 aliphatic carbocycles. The fourth-order valence-electron chi connectivity index (χ4n) is 2.08. The summed E-state index contributed by atoms with van der Waals surface area (Å²) in [5.74, 6) is -1.38. The lowest BCUT2D eigenvalue weighted by Gasteiger charge is -2.21. The maximum absolute atomic E-state index is 12.2. The highest BCUT2D eigenvalue weighted by Gasteiger charge is 2.34. The number of amides is 1. The summed E-state index contributed by atoms with van der Waals surface area (Å²) in [6.07, 6.45) is 1.16. The predicted octanol–water partition coefficient (Wildman–Crippen LogP) is 1.84. The number of nitrogens with zero attached hydrogens (tertiary/aromatic N) is 1. The van der Waals surface area contributed by atoms with Crippen molar-refractivity contribution in [1.82, 2.24) is 4.90 Å². The molecule has 1 atom stereocenters. The highest BCUT2D eigenvalue weighted by Crippen LogP contribution is 2.26. The van der Waals surface area contributed by atoms with E-state index in [2.05, 4.69) is 15.9 Å².